The smallest absolute Gasteiger partial charge is 0.291 e. The van der Waals surface area contributed by atoms with Gasteiger partial charge < -0.3 is 0 Å². The zero-order valence-corrected chi connectivity index (χ0v) is 22.5. The Morgan fingerprint density at radius 2 is 1.21 bits per heavy atom. The van der Waals surface area contributed by atoms with Crippen molar-refractivity contribution >= 4 is 71.3 Å². The summed E-state index contributed by atoms with van der Waals surface area (Å²) in [6.07, 6.45) is 0. The van der Waals surface area contributed by atoms with Crippen LogP contribution in [-0.2, 0) is 27.2 Å². The fraction of sp³-hybridized carbons (Fsp3) is 0.867. The van der Waals surface area contributed by atoms with Crippen LogP contribution in [0.3, 0.4) is 0 Å². The zero-order valence-electron chi connectivity index (χ0n) is 17.4. The fourth-order valence-corrected chi connectivity index (χ4v) is 10.1. The Balaban J connectivity index is 0.000000291. The third-order valence-electron chi connectivity index (χ3n) is 2.86. The van der Waals surface area contributed by atoms with Crippen LogP contribution in [0.15, 0.2) is 9.53 Å². The first-order valence-corrected chi connectivity index (χ1v) is 16.2. The minimum Gasteiger partial charge on any atom is -0.291 e. The second-order valence-electron chi connectivity index (χ2n) is 5.28. The molecular formula is C15H30N2O6P2S4. The molecule has 2 saturated heterocycles. The lowest BCUT2D eigenvalue weighted by molar-refractivity contribution is 0.220. The minimum absolute atomic E-state index is 0.346. The van der Waals surface area contributed by atoms with Gasteiger partial charge in [0.2, 0.25) is 0 Å². The Morgan fingerprint density at radius 1 is 0.793 bits per heavy atom. The third kappa shape index (κ3) is 11.5. The monoisotopic (exact) mass is 524 g/mol. The topological polar surface area (TPSA) is 95.8 Å². The van der Waals surface area contributed by atoms with Crippen LogP contribution in [0.2, 0.25) is 0 Å². The standard InChI is InChI=1S/C8H16NO3PS2.C7H14NO3PS2/c1-4-11-13(10,12-5-2)9-8-14-6-7(3)15-8;1-3-10-12(9,11-4-2)8-7-13-5-6-14-7/h7H,4-6H2,1-3H3;3-6H2,1-2H3/b9-8+;. The Labute approximate surface area is 191 Å². The lowest BCUT2D eigenvalue weighted by Crippen LogP contribution is -1.95. The molecule has 1 atom stereocenters. The van der Waals surface area contributed by atoms with Crippen molar-refractivity contribution in [1.29, 1.82) is 0 Å². The number of hydrogen-bond acceptors (Lipinski definition) is 10. The first kappa shape index (κ1) is 28.1. The van der Waals surface area contributed by atoms with E-state index < -0.39 is 15.5 Å². The molecule has 8 nitrogen and oxygen atoms in total. The fourth-order valence-electron chi connectivity index (χ4n) is 1.88. The molecule has 2 heterocycles. The Kier molecular flexibility index (Phi) is 14.5. The van der Waals surface area contributed by atoms with Crippen molar-refractivity contribution in [3.63, 3.8) is 0 Å². The maximum absolute atomic E-state index is 12.0. The van der Waals surface area contributed by atoms with E-state index in [0.29, 0.717) is 31.7 Å². The van der Waals surface area contributed by atoms with Crippen LogP contribution in [-0.4, -0.2) is 57.7 Å². The summed E-state index contributed by atoms with van der Waals surface area (Å²) in [6.45, 7) is 10.6. The number of nitrogens with zero attached hydrogens (tertiary/aromatic N) is 2. The van der Waals surface area contributed by atoms with Gasteiger partial charge in [0.1, 0.15) is 8.75 Å². The Morgan fingerprint density at radius 3 is 1.55 bits per heavy atom. The van der Waals surface area contributed by atoms with Gasteiger partial charge in [-0.05, 0) is 27.7 Å². The van der Waals surface area contributed by atoms with Gasteiger partial charge in [0.15, 0.2) is 0 Å². The number of hydrogen-bond donors (Lipinski definition) is 0. The summed E-state index contributed by atoms with van der Waals surface area (Å²) in [5.74, 6) is 3.03. The van der Waals surface area contributed by atoms with Gasteiger partial charge in [0, 0.05) is 22.5 Å². The van der Waals surface area contributed by atoms with Crippen molar-refractivity contribution in [3.05, 3.63) is 0 Å². The molecule has 0 N–H and O–H groups in total. The zero-order chi connectivity index (χ0) is 21.8. The van der Waals surface area contributed by atoms with E-state index in [2.05, 4.69) is 16.4 Å². The molecule has 2 rings (SSSR count). The van der Waals surface area contributed by atoms with Gasteiger partial charge >= 0.3 is 15.5 Å². The van der Waals surface area contributed by atoms with E-state index in [1.807, 2.05) is 0 Å². The third-order valence-corrected chi connectivity index (χ3v) is 11.8. The summed E-state index contributed by atoms with van der Waals surface area (Å²) in [6, 6.07) is 0. The summed E-state index contributed by atoms with van der Waals surface area (Å²) in [4.78, 5) is 0. The quantitative estimate of drug-likeness (QED) is 0.299. The molecule has 0 saturated carbocycles. The predicted octanol–water partition coefficient (Wildman–Crippen LogP) is 6.40. The van der Waals surface area contributed by atoms with Crippen molar-refractivity contribution in [3.8, 4) is 0 Å². The summed E-state index contributed by atoms with van der Waals surface area (Å²) in [5.41, 5.74) is 0. The van der Waals surface area contributed by atoms with E-state index in [-0.39, 0.29) is 0 Å². The van der Waals surface area contributed by atoms with Gasteiger partial charge in [-0.15, -0.1) is 0 Å². The van der Waals surface area contributed by atoms with Crippen LogP contribution in [0, 0.1) is 0 Å². The average molecular weight is 525 g/mol. The van der Waals surface area contributed by atoms with Crippen LogP contribution >= 0.6 is 62.5 Å². The molecule has 0 aromatic rings. The largest absolute Gasteiger partial charge is 0.455 e. The highest BCUT2D eigenvalue weighted by Gasteiger charge is 2.27. The van der Waals surface area contributed by atoms with Gasteiger partial charge in [-0.1, -0.05) is 54.0 Å². The summed E-state index contributed by atoms with van der Waals surface area (Å²) in [7, 11) is -6.47. The van der Waals surface area contributed by atoms with Gasteiger partial charge in [0.25, 0.3) is 0 Å². The van der Waals surface area contributed by atoms with Crippen molar-refractivity contribution in [2.75, 3.05) is 43.7 Å². The van der Waals surface area contributed by atoms with Gasteiger partial charge in [0.05, 0.1) is 26.4 Å². The normalized spacial score (nSPS) is 21.3. The maximum Gasteiger partial charge on any atom is 0.455 e. The van der Waals surface area contributed by atoms with Crippen molar-refractivity contribution in [2.45, 2.75) is 39.9 Å². The minimum atomic E-state index is -3.25. The highest BCUT2D eigenvalue weighted by Crippen LogP contribution is 2.53. The molecule has 0 spiro atoms. The molecule has 0 aromatic heterocycles. The van der Waals surface area contributed by atoms with Crippen LogP contribution < -0.4 is 0 Å². The highest BCUT2D eigenvalue weighted by molar-refractivity contribution is 8.42. The molecular weight excluding hydrogens is 494 g/mol. The van der Waals surface area contributed by atoms with Crippen molar-refractivity contribution in [2.24, 2.45) is 9.53 Å². The molecule has 0 amide bonds. The molecule has 2 aliphatic rings. The molecule has 0 radical (unpaired) electrons. The number of rotatable bonds is 10. The van der Waals surface area contributed by atoms with Crippen LogP contribution in [0.4, 0.5) is 0 Å². The lowest BCUT2D eigenvalue weighted by atomic mass is 10.6. The van der Waals surface area contributed by atoms with E-state index in [4.69, 9.17) is 18.1 Å². The van der Waals surface area contributed by atoms with Crippen LogP contribution in [0.25, 0.3) is 0 Å². The maximum atomic E-state index is 12.0. The van der Waals surface area contributed by atoms with Gasteiger partial charge in [-0.3, -0.25) is 18.1 Å². The number of thioether (sulfide) groups is 4. The summed E-state index contributed by atoms with van der Waals surface area (Å²) >= 11 is 6.44. The molecule has 170 valence electrons. The summed E-state index contributed by atoms with van der Waals surface area (Å²) < 4.78 is 54.0. The first-order chi connectivity index (χ1) is 13.8. The molecule has 0 aromatic carbocycles. The van der Waals surface area contributed by atoms with E-state index in [9.17, 15) is 9.13 Å². The highest BCUT2D eigenvalue weighted by atomic mass is 32.2. The van der Waals surface area contributed by atoms with Gasteiger partial charge in [-0.25, -0.2) is 9.13 Å². The van der Waals surface area contributed by atoms with Crippen LogP contribution in [0.1, 0.15) is 34.6 Å². The Hall–Kier alpha value is 1.04. The molecule has 29 heavy (non-hydrogen) atoms. The van der Waals surface area contributed by atoms with Crippen molar-refractivity contribution in [1.82, 2.24) is 0 Å². The van der Waals surface area contributed by atoms with Gasteiger partial charge in [-0.2, -0.15) is 9.53 Å². The molecule has 2 aliphatic heterocycles. The molecule has 1 unspecified atom stereocenters. The molecule has 14 heteroatoms. The first-order valence-electron chi connectivity index (χ1n) is 9.33. The van der Waals surface area contributed by atoms with E-state index in [1.165, 1.54) is 0 Å². The second kappa shape index (κ2) is 15.0. The van der Waals surface area contributed by atoms with E-state index >= 15 is 0 Å². The SMILES string of the molecule is CCOP(=O)(/N=C1\SCC(C)S1)OCC.CCOP(=O)(N=C1SCCS1)OCC. The Bertz CT molecular complexity index is 624. The molecule has 2 fully saturated rings. The molecule has 0 aliphatic carbocycles. The van der Waals surface area contributed by atoms with E-state index in [1.54, 1.807) is 74.7 Å². The predicted molar refractivity (Wildman–Crippen MR) is 131 cm³/mol. The van der Waals surface area contributed by atoms with Crippen molar-refractivity contribution < 1.29 is 27.2 Å². The van der Waals surface area contributed by atoms with E-state index in [0.717, 1.165) is 26.0 Å². The van der Waals surface area contributed by atoms with Crippen LogP contribution in [0.5, 0.6) is 0 Å². The second-order valence-corrected chi connectivity index (χ2v) is 13.7. The summed E-state index contributed by atoms with van der Waals surface area (Å²) in [5, 5.41) is 0.519. The molecule has 0 bridgehead atoms. The lowest BCUT2D eigenvalue weighted by Gasteiger charge is -2.11. The average Bonchev–Trinajstić information content (AvgIpc) is 3.27.